The van der Waals surface area contributed by atoms with Gasteiger partial charge in [-0.3, -0.25) is 0 Å². The normalized spacial score (nSPS) is 15.3. The Kier molecular flexibility index (Phi) is 8.16. The van der Waals surface area contributed by atoms with Gasteiger partial charge < -0.3 is 16.2 Å². The van der Waals surface area contributed by atoms with Crippen LogP contribution in [0.2, 0.25) is 6.04 Å². The second kappa shape index (κ2) is 8.37. The van der Waals surface area contributed by atoms with E-state index >= 15 is 0 Å². The third-order valence-electron chi connectivity index (χ3n) is 3.70. The van der Waals surface area contributed by atoms with E-state index in [0.717, 1.165) is 0 Å². The van der Waals surface area contributed by atoms with Crippen LogP contribution < -0.4 is 16.2 Å². The zero-order valence-corrected chi connectivity index (χ0v) is 14.8. The molecule has 0 saturated heterocycles. The lowest BCUT2D eigenvalue weighted by molar-refractivity contribution is -0.422. The Morgan fingerprint density at radius 1 is 0.519 bits per heavy atom. The van der Waals surface area contributed by atoms with Crippen molar-refractivity contribution in [3.05, 3.63) is 0 Å². The average Bonchev–Trinajstić information content (AvgIpc) is 2.43. The van der Waals surface area contributed by atoms with Crippen LogP contribution in [0, 0.1) is 0 Å². The van der Waals surface area contributed by atoms with Crippen LogP contribution >= 0.6 is 0 Å². The van der Waals surface area contributed by atoms with Crippen molar-refractivity contribution in [3.8, 4) is 0 Å². The third kappa shape index (κ3) is 6.15. The molecule has 0 saturated carbocycles. The molecule has 3 nitrogen and oxygen atoms in total. The summed E-state index contributed by atoms with van der Waals surface area (Å²) in [7, 11) is -2.80. The van der Waals surface area contributed by atoms with Gasteiger partial charge in [-0.05, 0) is 12.5 Å². The first-order valence-corrected chi connectivity index (χ1v) is 10.1. The molecule has 0 bridgehead atoms. The maximum Gasteiger partial charge on any atom is 0.460 e. The van der Waals surface area contributed by atoms with Gasteiger partial charge in [-0.15, -0.1) is 0 Å². The highest BCUT2D eigenvalue weighted by Gasteiger charge is 2.86. The zero-order valence-electron chi connectivity index (χ0n) is 13.8. The SMILES string of the molecule is N[Si](N)(N)CCCCCCCC(F)(F)C(F)(F)C(F)(F)C(F)(F)C(F)(F)F. The molecular weight excluding hydrogens is 423 g/mol. The minimum Gasteiger partial charge on any atom is -0.327 e. The molecule has 0 aromatic carbocycles. The van der Waals surface area contributed by atoms with Crippen LogP contribution in [0.15, 0.2) is 0 Å². The van der Waals surface area contributed by atoms with E-state index in [1.807, 2.05) is 0 Å². The van der Waals surface area contributed by atoms with Gasteiger partial charge in [-0.1, -0.05) is 25.7 Å². The molecule has 0 aliphatic carbocycles. The van der Waals surface area contributed by atoms with Gasteiger partial charge in [0, 0.05) is 6.42 Å². The van der Waals surface area contributed by atoms with E-state index < -0.39 is 51.3 Å². The summed E-state index contributed by atoms with van der Waals surface area (Å²) in [5.41, 5.74) is 0. The summed E-state index contributed by atoms with van der Waals surface area (Å²) in [4.78, 5) is 0. The molecule has 15 heteroatoms. The fraction of sp³-hybridized carbons (Fsp3) is 1.00. The highest BCUT2D eigenvalue weighted by molar-refractivity contribution is 6.70. The fourth-order valence-electron chi connectivity index (χ4n) is 2.07. The van der Waals surface area contributed by atoms with E-state index in [-0.39, 0.29) is 18.9 Å². The molecule has 0 aromatic rings. The Labute approximate surface area is 148 Å². The van der Waals surface area contributed by atoms with Crippen molar-refractivity contribution >= 4 is 8.56 Å². The van der Waals surface area contributed by atoms with Crippen LogP contribution in [0.4, 0.5) is 48.3 Å². The second-order valence-corrected chi connectivity index (χ2v) is 9.03. The Bertz CT molecular complexity index is 474. The number of nitrogens with two attached hydrogens (primary N) is 3. The van der Waals surface area contributed by atoms with Crippen molar-refractivity contribution in [2.75, 3.05) is 0 Å². The molecule has 0 heterocycles. The third-order valence-corrected chi connectivity index (χ3v) is 4.92. The number of hydrogen-bond donors (Lipinski definition) is 3. The first kappa shape index (κ1) is 26.3. The summed E-state index contributed by atoms with van der Waals surface area (Å²) in [5.74, 6) is -27.4. The standard InChI is InChI=1S/C12H20F11N3Si/c13-8(14,6-4-2-1-3-5-7-27(24,25)26)9(15,16)10(17,18)11(19,20)12(21,22)23/h1-7,24-26H2. The van der Waals surface area contributed by atoms with Crippen LogP contribution in [0.3, 0.4) is 0 Å². The van der Waals surface area contributed by atoms with Gasteiger partial charge in [-0.2, -0.15) is 48.3 Å². The quantitative estimate of drug-likeness (QED) is 0.254. The molecule has 164 valence electrons. The molecule has 0 aromatic heterocycles. The van der Waals surface area contributed by atoms with Crippen molar-refractivity contribution in [3.63, 3.8) is 0 Å². The molecular formula is C12H20F11N3Si. The molecule has 0 aliphatic heterocycles. The van der Waals surface area contributed by atoms with Gasteiger partial charge >= 0.3 is 29.9 Å². The van der Waals surface area contributed by atoms with Gasteiger partial charge in [0.05, 0.1) is 0 Å². The number of unbranched alkanes of at least 4 members (excludes halogenated alkanes) is 4. The molecule has 0 fully saturated rings. The van der Waals surface area contributed by atoms with Gasteiger partial charge in [0.1, 0.15) is 0 Å². The van der Waals surface area contributed by atoms with Crippen LogP contribution in [0.1, 0.15) is 38.5 Å². The molecule has 0 rings (SSSR count). The average molecular weight is 443 g/mol. The lowest BCUT2D eigenvalue weighted by atomic mass is 9.94. The smallest absolute Gasteiger partial charge is 0.327 e. The van der Waals surface area contributed by atoms with E-state index in [1.54, 1.807) is 0 Å². The number of halogens is 11. The van der Waals surface area contributed by atoms with E-state index in [0.29, 0.717) is 12.8 Å². The molecule has 0 radical (unpaired) electrons. The van der Waals surface area contributed by atoms with Crippen LogP contribution in [-0.2, 0) is 0 Å². The topological polar surface area (TPSA) is 78.1 Å². The van der Waals surface area contributed by atoms with Crippen molar-refractivity contribution in [2.45, 2.75) is 74.4 Å². The van der Waals surface area contributed by atoms with E-state index in [1.165, 1.54) is 0 Å². The number of rotatable bonds is 11. The maximum absolute atomic E-state index is 13.4. The fourth-order valence-corrected chi connectivity index (χ4v) is 2.93. The predicted octanol–water partition coefficient (Wildman–Crippen LogP) is 4.25. The highest BCUT2D eigenvalue weighted by atomic mass is 28.4. The number of hydrogen-bond acceptors (Lipinski definition) is 3. The summed E-state index contributed by atoms with van der Waals surface area (Å²) in [6.45, 7) is 0. The molecule has 0 spiro atoms. The monoisotopic (exact) mass is 443 g/mol. The first-order valence-electron chi connectivity index (χ1n) is 7.65. The molecule has 0 unspecified atom stereocenters. The van der Waals surface area contributed by atoms with Gasteiger partial charge in [0.15, 0.2) is 0 Å². The van der Waals surface area contributed by atoms with E-state index in [2.05, 4.69) is 0 Å². The Hall–Kier alpha value is -0.673. The predicted molar refractivity (Wildman–Crippen MR) is 76.7 cm³/mol. The Morgan fingerprint density at radius 3 is 1.33 bits per heavy atom. The molecule has 0 aliphatic rings. The molecule has 27 heavy (non-hydrogen) atoms. The summed E-state index contributed by atoms with van der Waals surface area (Å²) in [6, 6.07) is 0.278. The maximum atomic E-state index is 13.4. The summed E-state index contributed by atoms with van der Waals surface area (Å²) >= 11 is 0. The van der Waals surface area contributed by atoms with Gasteiger partial charge in [-0.25, -0.2) is 0 Å². The zero-order chi connectivity index (χ0) is 21.9. The highest BCUT2D eigenvalue weighted by Crippen LogP contribution is 2.58. The number of alkyl halides is 11. The molecule has 0 amide bonds. The van der Waals surface area contributed by atoms with Crippen molar-refractivity contribution in [2.24, 2.45) is 16.2 Å². The molecule has 0 atom stereocenters. The van der Waals surface area contributed by atoms with Crippen molar-refractivity contribution in [1.82, 2.24) is 0 Å². The minimum atomic E-state index is -7.34. The van der Waals surface area contributed by atoms with E-state index in [4.69, 9.17) is 16.2 Å². The summed E-state index contributed by atoms with van der Waals surface area (Å²) < 4.78 is 140. The van der Waals surface area contributed by atoms with Gasteiger partial charge in [0.25, 0.3) is 8.56 Å². The Balaban J connectivity index is 4.84. The lowest BCUT2D eigenvalue weighted by Gasteiger charge is -2.37. The van der Waals surface area contributed by atoms with Crippen LogP contribution in [-0.4, -0.2) is 38.4 Å². The van der Waals surface area contributed by atoms with Gasteiger partial charge in [0.2, 0.25) is 0 Å². The van der Waals surface area contributed by atoms with Crippen LogP contribution in [0.5, 0.6) is 0 Å². The van der Waals surface area contributed by atoms with Crippen molar-refractivity contribution in [1.29, 1.82) is 0 Å². The van der Waals surface area contributed by atoms with Crippen molar-refractivity contribution < 1.29 is 48.3 Å². The largest absolute Gasteiger partial charge is 0.460 e. The van der Waals surface area contributed by atoms with Crippen LogP contribution in [0.25, 0.3) is 0 Å². The lowest BCUT2D eigenvalue weighted by Crippen LogP contribution is -2.66. The molecule has 6 N–H and O–H groups in total. The summed E-state index contributed by atoms with van der Waals surface area (Å²) in [6.07, 6.45) is -9.19. The first-order chi connectivity index (χ1) is 11.7. The van der Waals surface area contributed by atoms with E-state index in [9.17, 15) is 48.3 Å². The Morgan fingerprint density at radius 2 is 0.926 bits per heavy atom. The second-order valence-electron chi connectivity index (χ2n) is 6.31. The summed E-state index contributed by atoms with van der Waals surface area (Å²) in [5, 5.41) is 16.2. The minimum absolute atomic E-state index is 0.168.